The molecule has 5 nitrogen and oxygen atoms in total. The number of benzene rings is 3. The third kappa shape index (κ3) is 3.65. The van der Waals surface area contributed by atoms with Gasteiger partial charge in [0.05, 0.1) is 22.7 Å². The van der Waals surface area contributed by atoms with Crippen molar-refractivity contribution in [2.45, 2.75) is 6.61 Å². The molecular formula is C24H17ClN2O3S. The Kier molecular flexibility index (Phi) is 5.10. The van der Waals surface area contributed by atoms with Gasteiger partial charge in [0.2, 0.25) is 0 Å². The maximum Gasteiger partial charge on any atom is 0.274 e. The summed E-state index contributed by atoms with van der Waals surface area (Å²) in [5.41, 5.74) is 3.27. The Bertz CT molecular complexity index is 1520. The first-order valence-electron chi connectivity index (χ1n) is 9.60. The van der Waals surface area contributed by atoms with Crippen LogP contribution in [0.15, 0.2) is 71.5 Å². The van der Waals surface area contributed by atoms with Gasteiger partial charge in [0.25, 0.3) is 5.56 Å². The van der Waals surface area contributed by atoms with Gasteiger partial charge in [0.1, 0.15) is 6.61 Å². The van der Waals surface area contributed by atoms with Gasteiger partial charge in [-0.2, -0.15) is 0 Å². The maximum atomic E-state index is 13.0. The number of nitrogens with zero attached hydrogens (tertiary/aromatic N) is 2. The van der Waals surface area contributed by atoms with Crippen LogP contribution in [0.4, 0.5) is 0 Å². The van der Waals surface area contributed by atoms with E-state index in [-0.39, 0.29) is 5.56 Å². The minimum Gasteiger partial charge on any atom is -0.493 e. The number of hydrogen-bond donors (Lipinski definition) is 0. The Labute approximate surface area is 186 Å². The largest absolute Gasteiger partial charge is 0.493 e. The number of aromatic nitrogens is 2. The van der Waals surface area contributed by atoms with E-state index in [9.17, 15) is 4.79 Å². The molecule has 0 aliphatic heterocycles. The second-order valence-corrected chi connectivity index (χ2v) is 8.34. The predicted octanol–water partition coefficient (Wildman–Crippen LogP) is 4.70. The first-order chi connectivity index (χ1) is 15.1. The molecule has 3 aromatic carbocycles. The van der Waals surface area contributed by atoms with Gasteiger partial charge in [-0.3, -0.25) is 4.79 Å². The molecule has 0 saturated carbocycles. The van der Waals surface area contributed by atoms with E-state index < -0.39 is 0 Å². The minimum atomic E-state index is -0.0805. The first kappa shape index (κ1) is 19.6. The van der Waals surface area contributed by atoms with Gasteiger partial charge in [-0.1, -0.05) is 59.3 Å². The smallest absolute Gasteiger partial charge is 0.274 e. The molecule has 0 radical (unpaired) electrons. The molecule has 0 aliphatic rings. The van der Waals surface area contributed by atoms with Gasteiger partial charge in [0, 0.05) is 10.6 Å². The molecule has 0 bridgehead atoms. The zero-order valence-electron chi connectivity index (χ0n) is 16.5. The van der Waals surface area contributed by atoms with Gasteiger partial charge in [-0.05, 0) is 42.0 Å². The van der Waals surface area contributed by atoms with Crippen LogP contribution in [0.5, 0.6) is 11.5 Å². The molecule has 0 fully saturated rings. The summed E-state index contributed by atoms with van der Waals surface area (Å²) in [7, 11) is 1.59. The lowest BCUT2D eigenvalue weighted by atomic mass is 10.2. The Hall–Kier alpha value is -3.35. The molecule has 2 aromatic heterocycles. The van der Waals surface area contributed by atoms with Gasteiger partial charge < -0.3 is 9.47 Å². The number of ether oxygens (including phenoxy) is 2. The van der Waals surface area contributed by atoms with Gasteiger partial charge in [0.15, 0.2) is 16.5 Å². The summed E-state index contributed by atoms with van der Waals surface area (Å²) >= 11 is 7.60. The summed E-state index contributed by atoms with van der Waals surface area (Å²) in [6.07, 6.45) is 1.85. The Morgan fingerprint density at radius 3 is 2.71 bits per heavy atom. The molecule has 5 aromatic rings. The molecule has 154 valence electrons. The van der Waals surface area contributed by atoms with Crippen molar-refractivity contribution in [3.8, 4) is 11.5 Å². The van der Waals surface area contributed by atoms with Crippen molar-refractivity contribution in [3.63, 3.8) is 0 Å². The zero-order chi connectivity index (χ0) is 21.4. The number of rotatable bonds is 5. The van der Waals surface area contributed by atoms with E-state index in [2.05, 4.69) is 4.98 Å². The molecule has 5 rings (SSSR count). The van der Waals surface area contributed by atoms with Crippen molar-refractivity contribution in [1.82, 2.24) is 9.38 Å². The maximum absolute atomic E-state index is 13.0. The predicted molar refractivity (Wildman–Crippen MR) is 124 cm³/mol. The fourth-order valence-corrected chi connectivity index (χ4v) is 4.61. The molecule has 31 heavy (non-hydrogen) atoms. The minimum absolute atomic E-state index is 0.0805. The van der Waals surface area contributed by atoms with E-state index in [0.29, 0.717) is 32.6 Å². The third-order valence-electron chi connectivity index (χ3n) is 4.97. The third-order valence-corrected chi connectivity index (χ3v) is 6.31. The van der Waals surface area contributed by atoms with Crippen molar-refractivity contribution in [1.29, 1.82) is 0 Å². The average Bonchev–Trinajstić information content (AvgIpc) is 3.29. The van der Waals surface area contributed by atoms with Crippen LogP contribution >= 0.6 is 22.9 Å². The van der Waals surface area contributed by atoms with Crippen molar-refractivity contribution < 1.29 is 9.47 Å². The summed E-state index contributed by atoms with van der Waals surface area (Å²) in [6, 6.07) is 20.7. The molecule has 0 spiro atoms. The first-order valence-corrected chi connectivity index (χ1v) is 10.8. The molecule has 0 atom stereocenters. The van der Waals surface area contributed by atoms with Crippen molar-refractivity contribution >= 4 is 45.0 Å². The SMILES string of the molecule is COc1ccc(C=c2sc3nc4ccccc4n3c2=O)cc1OCc1ccccc1Cl. The topological polar surface area (TPSA) is 52.8 Å². The van der Waals surface area contributed by atoms with Crippen LogP contribution in [0.2, 0.25) is 5.02 Å². The van der Waals surface area contributed by atoms with Crippen LogP contribution in [0, 0.1) is 0 Å². The highest BCUT2D eigenvalue weighted by atomic mass is 35.5. The number of imidazole rings is 1. The number of para-hydroxylation sites is 2. The molecule has 7 heteroatoms. The Balaban J connectivity index is 1.53. The number of thiazole rings is 1. The lowest BCUT2D eigenvalue weighted by Crippen LogP contribution is -2.22. The van der Waals surface area contributed by atoms with Crippen LogP contribution in [-0.2, 0) is 6.61 Å². The summed E-state index contributed by atoms with van der Waals surface area (Å²) < 4.78 is 13.7. The van der Waals surface area contributed by atoms with Crippen LogP contribution in [0.3, 0.4) is 0 Å². The highest BCUT2D eigenvalue weighted by molar-refractivity contribution is 7.15. The number of halogens is 1. The molecular weight excluding hydrogens is 432 g/mol. The Morgan fingerprint density at radius 1 is 1.06 bits per heavy atom. The fourth-order valence-electron chi connectivity index (χ4n) is 3.43. The highest BCUT2D eigenvalue weighted by Gasteiger charge is 2.11. The molecule has 0 saturated heterocycles. The Morgan fingerprint density at radius 2 is 1.87 bits per heavy atom. The zero-order valence-corrected chi connectivity index (χ0v) is 18.1. The van der Waals surface area contributed by atoms with Gasteiger partial charge in [-0.15, -0.1) is 0 Å². The van der Waals surface area contributed by atoms with Gasteiger partial charge >= 0.3 is 0 Å². The lowest BCUT2D eigenvalue weighted by molar-refractivity contribution is 0.284. The van der Waals surface area contributed by atoms with Crippen molar-refractivity contribution in [3.05, 3.63) is 97.8 Å². The van der Waals surface area contributed by atoms with E-state index in [1.54, 1.807) is 11.5 Å². The monoisotopic (exact) mass is 448 g/mol. The molecule has 0 N–H and O–H groups in total. The van der Waals surface area contributed by atoms with E-state index in [1.807, 2.05) is 72.8 Å². The quantitative estimate of drug-likeness (QED) is 0.391. The average molecular weight is 449 g/mol. The van der Waals surface area contributed by atoms with Crippen LogP contribution in [0.25, 0.3) is 22.1 Å². The molecule has 2 heterocycles. The second kappa shape index (κ2) is 8.06. The lowest BCUT2D eigenvalue weighted by Gasteiger charge is -2.12. The summed E-state index contributed by atoms with van der Waals surface area (Å²) in [5.74, 6) is 1.19. The number of fused-ring (bicyclic) bond motifs is 3. The summed E-state index contributed by atoms with van der Waals surface area (Å²) in [4.78, 5) is 18.2. The van der Waals surface area contributed by atoms with E-state index in [4.69, 9.17) is 21.1 Å². The van der Waals surface area contributed by atoms with E-state index >= 15 is 0 Å². The summed E-state index contributed by atoms with van der Waals surface area (Å²) in [6.45, 7) is 0.311. The standard InChI is InChI=1S/C24H17ClN2O3S/c1-29-20-11-10-15(12-21(20)30-14-16-6-2-3-7-17(16)25)13-22-23(28)27-19-9-5-4-8-18(19)26-24(27)31-22/h2-13H,14H2,1H3. The highest BCUT2D eigenvalue weighted by Crippen LogP contribution is 2.30. The summed E-state index contributed by atoms with van der Waals surface area (Å²) in [5, 5.41) is 0.648. The second-order valence-electron chi connectivity index (χ2n) is 6.92. The molecule has 0 unspecified atom stereocenters. The normalized spacial score (nSPS) is 12.0. The number of methoxy groups -OCH3 is 1. The van der Waals surface area contributed by atoms with Crippen molar-refractivity contribution in [2.75, 3.05) is 7.11 Å². The number of hydrogen-bond acceptors (Lipinski definition) is 5. The van der Waals surface area contributed by atoms with Crippen LogP contribution in [-0.4, -0.2) is 16.5 Å². The molecule has 0 amide bonds. The van der Waals surface area contributed by atoms with E-state index in [1.165, 1.54) is 11.3 Å². The van der Waals surface area contributed by atoms with Crippen LogP contribution in [0.1, 0.15) is 11.1 Å². The van der Waals surface area contributed by atoms with Crippen LogP contribution < -0.4 is 19.6 Å². The van der Waals surface area contributed by atoms with Crippen molar-refractivity contribution in [2.24, 2.45) is 0 Å². The molecule has 0 aliphatic carbocycles. The fraction of sp³-hybridized carbons (Fsp3) is 0.0833. The van der Waals surface area contributed by atoms with Gasteiger partial charge in [-0.25, -0.2) is 9.38 Å². The van der Waals surface area contributed by atoms with E-state index in [0.717, 1.165) is 22.2 Å².